The number of hydrogen-bond donors (Lipinski definition) is 1. The molecule has 1 N–H and O–H groups in total. The van der Waals surface area contributed by atoms with Crippen LogP contribution in [-0.4, -0.2) is 45.7 Å². The molecule has 7 heteroatoms. The number of benzene rings is 1. The summed E-state index contributed by atoms with van der Waals surface area (Å²) >= 11 is 13.4. The molecule has 1 aromatic rings. The first-order valence-electron chi connectivity index (χ1n) is 7.62. The van der Waals surface area contributed by atoms with Crippen LogP contribution in [-0.2, 0) is 9.59 Å². The van der Waals surface area contributed by atoms with Gasteiger partial charge in [0.25, 0.3) is 11.8 Å². The van der Waals surface area contributed by atoms with E-state index in [2.05, 4.69) is 6.58 Å². The zero-order valence-electron chi connectivity index (χ0n) is 13.8. The normalized spacial score (nSPS) is 31.6. The number of para-hydroxylation sites is 1. The van der Waals surface area contributed by atoms with Gasteiger partial charge in [0, 0.05) is 18.5 Å². The third-order valence-electron chi connectivity index (χ3n) is 4.98. The summed E-state index contributed by atoms with van der Waals surface area (Å²) in [7, 11) is 2.78. The van der Waals surface area contributed by atoms with Crippen molar-refractivity contribution in [3.8, 4) is 11.5 Å². The topological polar surface area (TPSA) is 66.8 Å². The first kappa shape index (κ1) is 17.8. The van der Waals surface area contributed by atoms with Crippen LogP contribution in [0.5, 0.6) is 11.5 Å². The number of allylic oxidation sites excluding steroid dienone is 3. The second kappa shape index (κ2) is 5.78. The fourth-order valence-electron chi connectivity index (χ4n) is 3.65. The smallest absolute Gasteiger partial charge is 0.253 e. The van der Waals surface area contributed by atoms with Gasteiger partial charge in [0.05, 0.1) is 7.11 Å². The molecule has 0 aromatic heterocycles. The number of alkyl halides is 2. The lowest BCUT2D eigenvalue weighted by Crippen LogP contribution is -2.54. The van der Waals surface area contributed by atoms with E-state index in [9.17, 15) is 14.7 Å². The van der Waals surface area contributed by atoms with Crippen LogP contribution in [0.2, 0.25) is 0 Å². The molecule has 5 nitrogen and oxygen atoms in total. The summed E-state index contributed by atoms with van der Waals surface area (Å²) in [4.78, 5) is 23.0. The lowest BCUT2D eigenvalue weighted by atomic mass is 9.68. The van der Waals surface area contributed by atoms with Gasteiger partial charge >= 0.3 is 0 Å². The predicted octanol–water partition coefficient (Wildman–Crippen LogP) is 2.95. The van der Waals surface area contributed by atoms with Gasteiger partial charge in [0.1, 0.15) is 0 Å². The molecule has 25 heavy (non-hydrogen) atoms. The van der Waals surface area contributed by atoms with Crippen LogP contribution in [0.25, 0.3) is 0 Å². The van der Waals surface area contributed by atoms with Crippen molar-refractivity contribution < 1.29 is 19.4 Å². The number of ether oxygens (including phenoxy) is 1. The highest BCUT2D eigenvalue weighted by molar-refractivity contribution is 6.53. The van der Waals surface area contributed by atoms with Crippen LogP contribution < -0.4 is 4.74 Å². The number of amides is 2. The Morgan fingerprint density at radius 3 is 2.64 bits per heavy atom. The Hall–Kier alpha value is -1.98. The van der Waals surface area contributed by atoms with Gasteiger partial charge in [-0.1, -0.05) is 30.9 Å². The number of likely N-dealkylation sites (tertiary alicyclic amines) is 1. The first-order valence-corrected chi connectivity index (χ1v) is 8.38. The Bertz CT molecular complexity index is 821. The van der Waals surface area contributed by atoms with Gasteiger partial charge < -0.3 is 9.84 Å². The van der Waals surface area contributed by atoms with Gasteiger partial charge in [-0.3, -0.25) is 14.5 Å². The molecule has 0 radical (unpaired) electrons. The lowest BCUT2D eigenvalue weighted by Gasteiger charge is -2.42. The molecule has 0 spiro atoms. The maximum Gasteiger partial charge on any atom is 0.253 e. The van der Waals surface area contributed by atoms with Gasteiger partial charge in [-0.15, -0.1) is 23.2 Å². The van der Waals surface area contributed by atoms with Crippen molar-refractivity contribution >= 4 is 35.0 Å². The zero-order chi connectivity index (χ0) is 18.6. The zero-order valence-corrected chi connectivity index (χ0v) is 15.3. The maximum atomic E-state index is 12.9. The number of carbonyl (C=O) groups is 2. The minimum absolute atomic E-state index is 0.0928. The standard InChI is InChI=1S/C18H17Cl2NO4/c1-4-10-8-9-17(19)15(23)21(2)16(24)18(17,20)13(10)11-6-5-7-12(25-3)14(11)22/h4-8,13,22H,1,9H2,2-3H3. The third kappa shape index (κ3) is 2.09. The van der Waals surface area contributed by atoms with Gasteiger partial charge in [0.2, 0.25) is 0 Å². The minimum Gasteiger partial charge on any atom is -0.504 e. The van der Waals surface area contributed by atoms with E-state index in [0.717, 1.165) is 4.90 Å². The molecule has 1 fully saturated rings. The second-order valence-electron chi connectivity index (χ2n) is 6.13. The van der Waals surface area contributed by atoms with E-state index in [1.54, 1.807) is 30.4 Å². The van der Waals surface area contributed by atoms with Crippen LogP contribution in [0.15, 0.2) is 42.5 Å². The van der Waals surface area contributed by atoms with Crippen LogP contribution in [0.1, 0.15) is 17.9 Å². The number of phenols is 1. The van der Waals surface area contributed by atoms with Crippen molar-refractivity contribution in [3.63, 3.8) is 0 Å². The molecule has 0 saturated carbocycles. The van der Waals surface area contributed by atoms with E-state index in [4.69, 9.17) is 27.9 Å². The number of imide groups is 1. The summed E-state index contributed by atoms with van der Waals surface area (Å²) in [6.45, 7) is 3.77. The Kier molecular flexibility index (Phi) is 4.12. The molecule has 132 valence electrons. The molecule has 2 amide bonds. The number of phenolic OH excluding ortho intramolecular Hbond substituents is 1. The van der Waals surface area contributed by atoms with Crippen molar-refractivity contribution in [1.82, 2.24) is 4.90 Å². The summed E-state index contributed by atoms with van der Waals surface area (Å²) in [5.74, 6) is -1.93. The molecular formula is C18H17Cl2NO4. The summed E-state index contributed by atoms with van der Waals surface area (Å²) < 4.78 is 5.15. The average molecular weight is 382 g/mol. The molecular weight excluding hydrogens is 365 g/mol. The number of hydrogen-bond acceptors (Lipinski definition) is 4. The van der Waals surface area contributed by atoms with E-state index < -0.39 is 27.5 Å². The minimum atomic E-state index is -1.78. The Morgan fingerprint density at radius 2 is 2.04 bits per heavy atom. The van der Waals surface area contributed by atoms with Crippen molar-refractivity contribution in [3.05, 3.63) is 48.1 Å². The molecule has 3 unspecified atom stereocenters. The predicted molar refractivity (Wildman–Crippen MR) is 95.2 cm³/mol. The van der Waals surface area contributed by atoms with Crippen molar-refractivity contribution in [2.45, 2.75) is 22.1 Å². The van der Waals surface area contributed by atoms with Gasteiger partial charge in [-0.2, -0.15) is 0 Å². The molecule has 1 saturated heterocycles. The third-order valence-corrected chi connectivity index (χ3v) is 6.40. The summed E-state index contributed by atoms with van der Waals surface area (Å²) in [5.41, 5.74) is 0.966. The molecule has 1 aliphatic carbocycles. The Labute approximate surface area is 155 Å². The number of fused-ring (bicyclic) bond motifs is 1. The summed E-state index contributed by atoms with van der Waals surface area (Å²) in [6, 6.07) is 4.88. The highest BCUT2D eigenvalue weighted by Gasteiger charge is 2.72. The number of carbonyl (C=O) groups excluding carboxylic acids is 2. The van der Waals surface area contributed by atoms with E-state index in [-0.39, 0.29) is 17.9 Å². The number of aromatic hydroxyl groups is 1. The molecule has 0 bridgehead atoms. The number of methoxy groups -OCH3 is 1. The van der Waals surface area contributed by atoms with Crippen LogP contribution >= 0.6 is 23.2 Å². The molecule has 2 aliphatic rings. The SMILES string of the molecule is C=CC1=CCC2(Cl)C(=O)N(C)C(=O)C2(Cl)C1c1cccc(OC)c1O. The van der Waals surface area contributed by atoms with Crippen LogP contribution in [0.4, 0.5) is 0 Å². The molecule has 1 heterocycles. The highest BCUT2D eigenvalue weighted by atomic mass is 35.5. The second-order valence-corrected chi connectivity index (χ2v) is 7.37. The quantitative estimate of drug-likeness (QED) is 0.645. The van der Waals surface area contributed by atoms with Gasteiger partial charge in [-0.25, -0.2) is 0 Å². The van der Waals surface area contributed by atoms with Crippen LogP contribution in [0.3, 0.4) is 0 Å². The molecule has 1 aromatic carbocycles. The number of nitrogens with zero attached hydrogens (tertiary/aromatic N) is 1. The maximum absolute atomic E-state index is 12.9. The van der Waals surface area contributed by atoms with Crippen molar-refractivity contribution in [2.24, 2.45) is 0 Å². The molecule has 3 atom stereocenters. The Balaban J connectivity index is 2.31. The lowest BCUT2D eigenvalue weighted by molar-refractivity contribution is -0.137. The van der Waals surface area contributed by atoms with Crippen molar-refractivity contribution in [1.29, 1.82) is 0 Å². The van der Waals surface area contributed by atoms with Gasteiger partial charge in [-0.05, 0) is 18.1 Å². The summed E-state index contributed by atoms with van der Waals surface area (Å²) in [5, 5.41) is 10.6. The largest absolute Gasteiger partial charge is 0.504 e. The van der Waals surface area contributed by atoms with Gasteiger partial charge in [0.15, 0.2) is 21.2 Å². The molecule has 3 rings (SSSR count). The van der Waals surface area contributed by atoms with E-state index >= 15 is 0 Å². The van der Waals surface area contributed by atoms with Crippen LogP contribution in [0, 0.1) is 0 Å². The highest BCUT2D eigenvalue weighted by Crippen LogP contribution is 2.60. The van der Waals surface area contributed by atoms with E-state index in [1.165, 1.54) is 14.2 Å². The number of rotatable bonds is 3. The molecule has 1 aliphatic heterocycles. The number of halogens is 2. The average Bonchev–Trinajstić information content (AvgIpc) is 2.74. The van der Waals surface area contributed by atoms with E-state index in [0.29, 0.717) is 11.1 Å². The fourth-order valence-corrected chi connectivity index (χ4v) is 4.58. The van der Waals surface area contributed by atoms with Crippen molar-refractivity contribution in [2.75, 3.05) is 14.2 Å². The summed E-state index contributed by atoms with van der Waals surface area (Å²) in [6.07, 6.45) is 3.38. The monoisotopic (exact) mass is 381 g/mol. The first-order chi connectivity index (χ1) is 11.7. The van der Waals surface area contributed by atoms with E-state index in [1.807, 2.05) is 0 Å². The Morgan fingerprint density at radius 1 is 1.36 bits per heavy atom. The fraction of sp³-hybridized carbons (Fsp3) is 0.333.